The average Bonchev–Trinajstić information content (AvgIpc) is 2.83. The molecule has 0 aliphatic carbocycles. The zero-order valence-electron chi connectivity index (χ0n) is 19.9. The van der Waals surface area contributed by atoms with Crippen LogP contribution in [0.2, 0.25) is 0 Å². The monoisotopic (exact) mass is 515 g/mol. The van der Waals surface area contributed by atoms with E-state index in [0.29, 0.717) is 12.1 Å². The second-order valence-corrected chi connectivity index (χ2v) is 12.2. The Labute approximate surface area is 207 Å². The van der Waals surface area contributed by atoms with Crippen molar-refractivity contribution in [3.63, 3.8) is 0 Å². The third-order valence-corrected chi connectivity index (χ3v) is 8.60. The highest BCUT2D eigenvalue weighted by Gasteiger charge is 2.17. The van der Waals surface area contributed by atoms with Gasteiger partial charge in [-0.1, -0.05) is 42.0 Å². The average molecular weight is 516 g/mol. The van der Waals surface area contributed by atoms with Crippen molar-refractivity contribution >= 4 is 31.6 Å². The van der Waals surface area contributed by atoms with Crippen molar-refractivity contribution in [2.75, 3.05) is 18.8 Å². The van der Waals surface area contributed by atoms with Gasteiger partial charge in [0, 0.05) is 32.7 Å². The van der Waals surface area contributed by atoms with E-state index < -0.39 is 20.0 Å². The van der Waals surface area contributed by atoms with Crippen molar-refractivity contribution in [1.29, 1.82) is 0 Å². The number of nitrogens with zero attached hydrogens (tertiary/aromatic N) is 1. The van der Waals surface area contributed by atoms with Gasteiger partial charge in [-0.3, -0.25) is 9.52 Å². The Balaban J connectivity index is 1.50. The largest absolute Gasteiger partial charge is 0.352 e. The van der Waals surface area contributed by atoms with Gasteiger partial charge in [-0.25, -0.2) is 21.1 Å². The molecule has 0 radical (unpaired) electrons. The van der Waals surface area contributed by atoms with Gasteiger partial charge in [-0.2, -0.15) is 0 Å². The van der Waals surface area contributed by atoms with Crippen LogP contribution >= 0.6 is 0 Å². The molecule has 3 rings (SSSR count). The van der Waals surface area contributed by atoms with Crippen molar-refractivity contribution in [2.45, 2.75) is 36.1 Å². The van der Waals surface area contributed by atoms with Gasteiger partial charge >= 0.3 is 0 Å². The molecule has 3 aromatic carbocycles. The summed E-state index contributed by atoms with van der Waals surface area (Å²) in [4.78, 5) is 12.6. The van der Waals surface area contributed by atoms with Crippen molar-refractivity contribution < 1.29 is 21.6 Å². The fraction of sp³-hybridized carbons (Fsp3) is 0.240. The van der Waals surface area contributed by atoms with Crippen LogP contribution in [0, 0.1) is 6.92 Å². The van der Waals surface area contributed by atoms with E-state index in [-0.39, 0.29) is 28.7 Å². The van der Waals surface area contributed by atoms with Gasteiger partial charge in [-0.05, 0) is 60.9 Å². The molecule has 35 heavy (non-hydrogen) atoms. The van der Waals surface area contributed by atoms with E-state index in [1.165, 1.54) is 38.4 Å². The molecule has 186 valence electrons. The minimum Gasteiger partial charge on any atom is -0.352 e. The molecular weight excluding hydrogens is 486 g/mol. The van der Waals surface area contributed by atoms with Crippen molar-refractivity contribution in [3.05, 3.63) is 89.5 Å². The Morgan fingerprint density at radius 2 is 1.31 bits per heavy atom. The number of aryl methyl sites for hydroxylation is 2. The quantitative estimate of drug-likeness (QED) is 0.430. The van der Waals surface area contributed by atoms with Crippen LogP contribution in [0.15, 0.2) is 82.6 Å². The van der Waals surface area contributed by atoms with Crippen LogP contribution in [-0.2, 0) is 37.8 Å². The lowest BCUT2D eigenvalue weighted by molar-refractivity contribution is -0.121. The van der Waals surface area contributed by atoms with Crippen LogP contribution in [0.25, 0.3) is 0 Å². The zero-order chi connectivity index (χ0) is 25.6. The lowest BCUT2D eigenvalue weighted by Crippen LogP contribution is -2.23. The summed E-state index contributed by atoms with van der Waals surface area (Å²) in [6.45, 7) is 2.21. The van der Waals surface area contributed by atoms with Gasteiger partial charge in [0.2, 0.25) is 15.9 Å². The van der Waals surface area contributed by atoms with Gasteiger partial charge in [0.1, 0.15) is 0 Å². The first-order valence-electron chi connectivity index (χ1n) is 10.9. The maximum absolute atomic E-state index is 12.6. The summed E-state index contributed by atoms with van der Waals surface area (Å²) in [7, 11) is -4.25. The normalized spacial score (nSPS) is 11.9. The summed E-state index contributed by atoms with van der Waals surface area (Å²) in [5, 5.41) is 2.81. The first kappa shape index (κ1) is 26.4. The lowest BCUT2D eigenvalue weighted by atomic mass is 10.1. The Kier molecular flexibility index (Phi) is 8.31. The Bertz CT molecular complexity index is 1370. The van der Waals surface area contributed by atoms with Gasteiger partial charge in [0.05, 0.1) is 9.79 Å². The molecule has 3 aromatic rings. The second-order valence-electron chi connectivity index (χ2n) is 8.32. The number of carbonyl (C=O) groups is 1. The predicted molar refractivity (Wildman–Crippen MR) is 136 cm³/mol. The van der Waals surface area contributed by atoms with Gasteiger partial charge in [0.15, 0.2) is 0 Å². The van der Waals surface area contributed by atoms with Crippen LogP contribution in [-0.4, -0.2) is 41.1 Å². The van der Waals surface area contributed by atoms with Gasteiger partial charge < -0.3 is 5.32 Å². The van der Waals surface area contributed by atoms with Crippen molar-refractivity contribution in [3.8, 4) is 0 Å². The standard InChI is InChI=1S/C25H29N3O5S2/c1-19-4-11-22(12-5-19)27-34(30,31)23-13-6-20(7-14-23)10-17-25(29)26-18-21-8-15-24(16-9-21)35(32,33)28(2)3/h4-9,11-16,27H,10,17-18H2,1-3H3,(H,26,29). The summed E-state index contributed by atoms with van der Waals surface area (Å²) in [6.07, 6.45) is 0.693. The van der Waals surface area contributed by atoms with Crippen LogP contribution in [0.4, 0.5) is 5.69 Å². The minimum absolute atomic E-state index is 0.144. The summed E-state index contributed by atoms with van der Waals surface area (Å²) in [5.74, 6) is -0.160. The summed E-state index contributed by atoms with van der Waals surface area (Å²) in [6, 6.07) is 19.9. The molecule has 0 fully saturated rings. The minimum atomic E-state index is -3.70. The Morgan fingerprint density at radius 1 is 0.771 bits per heavy atom. The second kappa shape index (κ2) is 11.0. The summed E-state index contributed by atoms with van der Waals surface area (Å²) < 4.78 is 53.1. The fourth-order valence-corrected chi connectivity index (χ4v) is 5.17. The number of sulfonamides is 2. The number of benzene rings is 3. The van der Waals surface area contributed by atoms with Crippen LogP contribution in [0.1, 0.15) is 23.1 Å². The van der Waals surface area contributed by atoms with E-state index in [4.69, 9.17) is 0 Å². The molecule has 2 N–H and O–H groups in total. The zero-order valence-corrected chi connectivity index (χ0v) is 21.5. The first-order valence-corrected chi connectivity index (χ1v) is 13.9. The molecule has 0 aromatic heterocycles. The van der Waals surface area contributed by atoms with Gasteiger partial charge in [-0.15, -0.1) is 0 Å². The molecule has 0 unspecified atom stereocenters. The predicted octanol–water partition coefficient (Wildman–Crippen LogP) is 3.30. The number of hydrogen-bond acceptors (Lipinski definition) is 5. The van der Waals surface area contributed by atoms with E-state index >= 15 is 0 Å². The molecule has 0 saturated carbocycles. The Hall–Kier alpha value is -3.21. The molecule has 0 saturated heterocycles. The molecule has 0 heterocycles. The molecule has 10 heteroatoms. The molecule has 8 nitrogen and oxygen atoms in total. The maximum Gasteiger partial charge on any atom is 0.261 e. The fourth-order valence-electron chi connectivity index (χ4n) is 3.21. The lowest BCUT2D eigenvalue weighted by Gasteiger charge is -2.12. The number of amides is 1. The Morgan fingerprint density at radius 3 is 1.89 bits per heavy atom. The molecule has 0 aliphatic heterocycles. The first-order chi connectivity index (χ1) is 16.5. The van der Waals surface area contributed by atoms with E-state index in [1.54, 1.807) is 36.4 Å². The summed E-state index contributed by atoms with van der Waals surface area (Å²) >= 11 is 0. The van der Waals surface area contributed by atoms with E-state index in [1.807, 2.05) is 19.1 Å². The molecule has 1 amide bonds. The van der Waals surface area contributed by atoms with Crippen LogP contribution in [0.5, 0.6) is 0 Å². The van der Waals surface area contributed by atoms with Crippen molar-refractivity contribution in [2.24, 2.45) is 0 Å². The smallest absolute Gasteiger partial charge is 0.261 e. The third kappa shape index (κ3) is 7.14. The number of carbonyl (C=O) groups excluding carboxylic acids is 1. The van der Waals surface area contributed by atoms with Crippen LogP contribution < -0.4 is 10.0 Å². The number of hydrogen-bond donors (Lipinski definition) is 2. The van der Waals surface area contributed by atoms with Crippen molar-refractivity contribution in [1.82, 2.24) is 9.62 Å². The number of nitrogens with one attached hydrogen (secondary N) is 2. The maximum atomic E-state index is 12.6. The highest BCUT2D eigenvalue weighted by atomic mass is 32.2. The molecule has 0 bridgehead atoms. The molecule has 0 atom stereocenters. The third-order valence-electron chi connectivity index (χ3n) is 5.37. The van der Waals surface area contributed by atoms with Crippen LogP contribution in [0.3, 0.4) is 0 Å². The molecule has 0 aliphatic rings. The van der Waals surface area contributed by atoms with E-state index in [0.717, 1.165) is 21.0 Å². The highest BCUT2D eigenvalue weighted by Crippen LogP contribution is 2.18. The number of rotatable bonds is 10. The topological polar surface area (TPSA) is 113 Å². The van der Waals surface area contributed by atoms with E-state index in [2.05, 4.69) is 10.0 Å². The SMILES string of the molecule is Cc1ccc(NS(=O)(=O)c2ccc(CCC(=O)NCc3ccc(S(=O)(=O)N(C)C)cc3)cc2)cc1. The highest BCUT2D eigenvalue weighted by molar-refractivity contribution is 7.92. The van der Waals surface area contributed by atoms with E-state index in [9.17, 15) is 21.6 Å². The molecule has 0 spiro atoms. The summed E-state index contributed by atoms with van der Waals surface area (Å²) in [5.41, 5.74) is 3.15. The van der Waals surface area contributed by atoms with Gasteiger partial charge in [0.25, 0.3) is 10.0 Å². The molecular formula is C25H29N3O5S2. The number of anilines is 1.